The molecule has 0 heterocycles. The first-order valence-corrected chi connectivity index (χ1v) is 7.49. The summed E-state index contributed by atoms with van der Waals surface area (Å²) < 4.78 is 14.5. The summed E-state index contributed by atoms with van der Waals surface area (Å²) in [6.45, 7) is 5.91. The summed E-state index contributed by atoms with van der Waals surface area (Å²) in [6, 6.07) is 0. The van der Waals surface area contributed by atoms with Crippen molar-refractivity contribution in [3.63, 3.8) is 0 Å². The number of ether oxygens (including phenoxy) is 3. The van der Waals surface area contributed by atoms with Gasteiger partial charge in [-0.05, 0) is 30.2 Å². The molecule has 5 nitrogen and oxygen atoms in total. The third-order valence-electron chi connectivity index (χ3n) is 3.05. The Balaban J connectivity index is 0.00000232. The molecule has 128 valence electrons. The van der Waals surface area contributed by atoms with Gasteiger partial charge in [-0.3, -0.25) is 4.79 Å². The number of allylic oxidation sites excluding steroid dienone is 6. The second-order valence-electron chi connectivity index (χ2n) is 4.47. The van der Waals surface area contributed by atoms with Gasteiger partial charge in [-0.2, -0.15) is 0 Å². The zero-order valence-electron chi connectivity index (χ0n) is 14.8. The average Bonchev–Trinajstić information content (AvgIpc) is 2.76. The van der Waals surface area contributed by atoms with Gasteiger partial charge in [-0.1, -0.05) is 26.0 Å². The van der Waals surface area contributed by atoms with Crippen molar-refractivity contribution in [1.82, 2.24) is 0 Å². The van der Waals surface area contributed by atoms with Crippen LogP contribution in [0.2, 0.25) is 0 Å². The van der Waals surface area contributed by atoms with E-state index < -0.39 is 11.9 Å². The van der Waals surface area contributed by atoms with Crippen molar-refractivity contribution in [3.05, 3.63) is 46.8 Å². The molecule has 0 amide bonds. The van der Waals surface area contributed by atoms with Crippen LogP contribution < -0.4 is 0 Å². The molecule has 0 spiro atoms. The third kappa shape index (κ3) is 7.00. The standard InChI is InChI=1S/C16H20O5.C2H6/c1-11-8-14(19-2)7-5-6-12(11)9-13(16(18)21-4)10-15(17)20-3;1-2/h5-6,8-9H,7,10H2,1-4H3;1-2H3/b13-9+;. The van der Waals surface area contributed by atoms with Crippen LogP contribution in [0.25, 0.3) is 0 Å². The van der Waals surface area contributed by atoms with Crippen LogP contribution in [-0.4, -0.2) is 33.3 Å². The molecule has 0 fully saturated rings. The predicted molar refractivity (Wildman–Crippen MR) is 89.6 cm³/mol. The third-order valence-corrected chi connectivity index (χ3v) is 3.05. The molecule has 0 saturated carbocycles. The van der Waals surface area contributed by atoms with E-state index in [4.69, 9.17) is 9.47 Å². The highest BCUT2D eigenvalue weighted by molar-refractivity contribution is 5.94. The van der Waals surface area contributed by atoms with E-state index in [0.717, 1.165) is 16.9 Å². The minimum Gasteiger partial charge on any atom is -0.501 e. The number of carbonyl (C=O) groups excluding carboxylic acids is 2. The lowest BCUT2D eigenvalue weighted by molar-refractivity contribution is -0.143. The van der Waals surface area contributed by atoms with E-state index in [0.29, 0.717) is 6.42 Å². The largest absolute Gasteiger partial charge is 0.501 e. The van der Waals surface area contributed by atoms with Gasteiger partial charge >= 0.3 is 11.9 Å². The van der Waals surface area contributed by atoms with Crippen molar-refractivity contribution >= 4 is 11.9 Å². The molecule has 0 aromatic carbocycles. The molecule has 0 radical (unpaired) electrons. The Hall–Kier alpha value is -2.30. The molecular weight excluding hydrogens is 296 g/mol. The highest BCUT2D eigenvalue weighted by Crippen LogP contribution is 2.21. The fourth-order valence-electron chi connectivity index (χ4n) is 1.85. The van der Waals surface area contributed by atoms with Crippen molar-refractivity contribution in [3.8, 4) is 0 Å². The average molecular weight is 322 g/mol. The van der Waals surface area contributed by atoms with Crippen LogP contribution in [0.1, 0.15) is 33.6 Å². The van der Waals surface area contributed by atoms with Gasteiger partial charge in [0, 0.05) is 12.0 Å². The summed E-state index contributed by atoms with van der Waals surface area (Å²) >= 11 is 0. The van der Waals surface area contributed by atoms with Crippen molar-refractivity contribution in [2.75, 3.05) is 21.3 Å². The van der Waals surface area contributed by atoms with E-state index in [2.05, 4.69) is 4.74 Å². The summed E-state index contributed by atoms with van der Waals surface area (Å²) in [5.74, 6) is -0.204. The molecule has 1 aliphatic rings. The van der Waals surface area contributed by atoms with E-state index in [1.54, 1.807) is 13.2 Å². The molecule has 0 bridgehead atoms. The molecule has 23 heavy (non-hydrogen) atoms. The normalized spacial score (nSPS) is 14.2. The Bertz CT molecular complexity index is 536. The Morgan fingerprint density at radius 3 is 2.35 bits per heavy atom. The molecule has 5 heteroatoms. The van der Waals surface area contributed by atoms with Gasteiger partial charge in [0.05, 0.1) is 33.5 Å². The van der Waals surface area contributed by atoms with Gasteiger partial charge in [0.15, 0.2) is 0 Å². The molecule has 0 unspecified atom stereocenters. The predicted octanol–water partition coefficient (Wildman–Crippen LogP) is 3.48. The van der Waals surface area contributed by atoms with Gasteiger partial charge in [-0.15, -0.1) is 0 Å². The van der Waals surface area contributed by atoms with E-state index in [1.807, 2.05) is 39.0 Å². The van der Waals surface area contributed by atoms with Crippen LogP contribution >= 0.6 is 0 Å². The zero-order valence-corrected chi connectivity index (χ0v) is 14.8. The second-order valence-corrected chi connectivity index (χ2v) is 4.47. The van der Waals surface area contributed by atoms with Crippen LogP contribution in [0, 0.1) is 0 Å². The molecule has 0 aromatic rings. The molecule has 0 aromatic heterocycles. The summed E-state index contributed by atoms with van der Waals surface area (Å²) in [4.78, 5) is 23.2. The topological polar surface area (TPSA) is 61.8 Å². The van der Waals surface area contributed by atoms with Gasteiger partial charge in [0.25, 0.3) is 0 Å². The first-order chi connectivity index (χ1) is 11.0. The molecule has 1 aliphatic carbocycles. The lowest BCUT2D eigenvalue weighted by Gasteiger charge is -2.06. The van der Waals surface area contributed by atoms with Gasteiger partial charge in [0.1, 0.15) is 0 Å². The van der Waals surface area contributed by atoms with E-state index in [1.165, 1.54) is 14.2 Å². The van der Waals surface area contributed by atoms with Crippen LogP contribution in [0.5, 0.6) is 0 Å². The van der Waals surface area contributed by atoms with Crippen molar-refractivity contribution in [2.45, 2.75) is 33.6 Å². The lowest BCUT2D eigenvalue weighted by Crippen LogP contribution is -2.11. The molecular formula is C18H26O5. The summed E-state index contributed by atoms with van der Waals surface area (Å²) in [6.07, 6.45) is 7.91. The molecule has 0 aliphatic heterocycles. The quantitative estimate of drug-likeness (QED) is 0.573. The SMILES string of the molecule is CC.COC(=O)C/C(=C\C1=C(C)C=C(OC)CC=C1)C(=O)OC. The summed E-state index contributed by atoms with van der Waals surface area (Å²) in [7, 11) is 4.17. The maximum atomic E-state index is 11.8. The van der Waals surface area contributed by atoms with Crippen LogP contribution in [0.3, 0.4) is 0 Å². The van der Waals surface area contributed by atoms with Crippen molar-refractivity contribution < 1.29 is 23.8 Å². The van der Waals surface area contributed by atoms with E-state index >= 15 is 0 Å². The monoisotopic (exact) mass is 322 g/mol. The van der Waals surface area contributed by atoms with Crippen LogP contribution in [0.15, 0.2) is 46.8 Å². The van der Waals surface area contributed by atoms with Gasteiger partial charge in [-0.25, -0.2) is 4.79 Å². The summed E-state index contributed by atoms with van der Waals surface area (Å²) in [5.41, 5.74) is 2.01. The Kier molecular flexibility index (Phi) is 10.2. The first-order valence-electron chi connectivity index (χ1n) is 7.49. The number of esters is 2. The molecule has 1 rings (SSSR count). The van der Waals surface area contributed by atoms with Crippen LogP contribution in [-0.2, 0) is 23.8 Å². The molecule has 0 saturated heterocycles. The fraction of sp³-hybridized carbons (Fsp3) is 0.444. The van der Waals surface area contributed by atoms with Crippen molar-refractivity contribution in [1.29, 1.82) is 0 Å². The second kappa shape index (κ2) is 11.3. The van der Waals surface area contributed by atoms with Crippen LogP contribution in [0.4, 0.5) is 0 Å². The number of carbonyl (C=O) groups is 2. The lowest BCUT2D eigenvalue weighted by atomic mass is 10.0. The van der Waals surface area contributed by atoms with Gasteiger partial charge in [0.2, 0.25) is 0 Å². The maximum absolute atomic E-state index is 11.8. The maximum Gasteiger partial charge on any atom is 0.334 e. The fourth-order valence-corrected chi connectivity index (χ4v) is 1.85. The number of hydrogen-bond donors (Lipinski definition) is 0. The minimum atomic E-state index is -0.547. The van der Waals surface area contributed by atoms with E-state index in [9.17, 15) is 9.59 Å². The number of hydrogen-bond acceptors (Lipinski definition) is 5. The van der Waals surface area contributed by atoms with Gasteiger partial charge < -0.3 is 14.2 Å². The van der Waals surface area contributed by atoms with E-state index in [-0.39, 0.29) is 12.0 Å². The zero-order chi connectivity index (χ0) is 17.8. The Labute approximate surface area is 138 Å². The highest BCUT2D eigenvalue weighted by Gasteiger charge is 2.16. The Morgan fingerprint density at radius 1 is 1.17 bits per heavy atom. The minimum absolute atomic E-state index is 0.130. The number of rotatable bonds is 5. The smallest absolute Gasteiger partial charge is 0.334 e. The van der Waals surface area contributed by atoms with Crippen molar-refractivity contribution in [2.24, 2.45) is 0 Å². The molecule has 0 N–H and O–H groups in total. The first kappa shape index (κ1) is 20.7. The molecule has 0 atom stereocenters. The summed E-state index contributed by atoms with van der Waals surface area (Å²) in [5, 5.41) is 0. The highest BCUT2D eigenvalue weighted by atomic mass is 16.5. The Morgan fingerprint density at radius 2 is 1.83 bits per heavy atom. The number of methoxy groups -OCH3 is 3.